The van der Waals surface area contributed by atoms with Crippen LogP contribution in [-0.4, -0.2) is 71.4 Å². The SMILES string of the molecule is CO[C@@H]1CO[C@H]2[C@@H]1OC[C@H]2Oc1cc(F)ccc1Cc1ncnc2cc(N=S(C)(C)=O)cc(Br)c12. The van der Waals surface area contributed by atoms with Crippen LogP contribution in [0.1, 0.15) is 11.3 Å². The van der Waals surface area contributed by atoms with Crippen molar-refractivity contribution in [2.24, 2.45) is 4.36 Å². The van der Waals surface area contributed by atoms with Gasteiger partial charge in [0.1, 0.15) is 36.2 Å². The van der Waals surface area contributed by atoms with E-state index >= 15 is 0 Å². The van der Waals surface area contributed by atoms with Crippen LogP contribution in [0.25, 0.3) is 10.9 Å². The molecule has 0 spiro atoms. The molecular weight excluding hydrogens is 541 g/mol. The van der Waals surface area contributed by atoms with E-state index in [4.69, 9.17) is 18.9 Å². The van der Waals surface area contributed by atoms with Crippen LogP contribution in [0.4, 0.5) is 10.1 Å². The van der Waals surface area contributed by atoms with Gasteiger partial charge in [0.25, 0.3) is 0 Å². The van der Waals surface area contributed by atoms with Gasteiger partial charge in [0.2, 0.25) is 0 Å². The average Bonchev–Trinajstić information content (AvgIpc) is 3.37. The fraction of sp³-hybridized carbons (Fsp3) is 0.417. The van der Waals surface area contributed by atoms with Gasteiger partial charge in [-0.05, 0) is 34.1 Å². The van der Waals surface area contributed by atoms with Crippen LogP contribution < -0.4 is 4.74 Å². The van der Waals surface area contributed by atoms with Crippen molar-refractivity contribution in [2.45, 2.75) is 30.8 Å². The molecule has 8 nitrogen and oxygen atoms in total. The summed E-state index contributed by atoms with van der Waals surface area (Å²) in [4.78, 5) is 8.87. The molecular formula is C24H25BrFN3O5S. The largest absolute Gasteiger partial charge is 0.485 e. The third-order valence-electron chi connectivity index (χ3n) is 6.01. The van der Waals surface area contributed by atoms with Crippen molar-refractivity contribution in [2.75, 3.05) is 32.8 Å². The summed E-state index contributed by atoms with van der Waals surface area (Å²) in [5.41, 5.74) is 2.72. The molecule has 11 heteroatoms. The van der Waals surface area contributed by atoms with E-state index in [-0.39, 0.29) is 24.4 Å². The molecule has 0 unspecified atom stereocenters. The van der Waals surface area contributed by atoms with Crippen LogP contribution >= 0.6 is 15.9 Å². The first-order chi connectivity index (χ1) is 16.7. The molecule has 3 heterocycles. The minimum Gasteiger partial charge on any atom is -0.485 e. The smallest absolute Gasteiger partial charge is 0.151 e. The Kier molecular flexibility index (Phi) is 6.79. The maximum Gasteiger partial charge on any atom is 0.151 e. The molecule has 186 valence electrons. The maximum atomic E-state index is 14.2. The lowest BCUT2D eigenvalue weighted by molar-refractivity contribution is -0.0139. The molecule has 5 rings (SSSR count). The molecule has 2 saturated heterocycles. The lowest BCUT2D eigenvalue weighted by Gasteiger charge is -2.20. The predicted molar refractivity (Wildman–Crippen MR) is 133 cm³/mol. The maximum absolute atomic E-state index is 14.2. The molecule has 0 radical (unpaired) electrons. The summed E-state index contributed by atoms with van der Waals surface area (Å²) in [6, 6.07) is 8.04. The zero-order valence-electron chi connectivity index (χ0n) is 19.4. The normalized spacial score (nSPS) is 24.0. The Morgan fingerprint density at radius 1 is 1.14 bits per heavy atom. The number of aromatic nitrogens is 2. The predicted octanol–water partition coefficient (Wildman–Crippen LogP) is 4.04. The Hall–Kier alpha value is -2.18. The fourth-order valence-electron chi connectivity index (χ4n) is 4.49. The van der Waals surface area contributed by atoms with E-state index in [9.17, 15) is 8.60 Å². The Labute approximate surface area is 211 Å². The summed E-state index contributed by atoms with van der Waals surface area (Å²) in [5.74, 6) is 0.0129. The summed E-state index contributed by atoms with van der Waals surface area (Å²) in [5, 5.41) is 0.798. The molecule has 0 N–H and O–H groups in total. The van der Waals surface area contributed by atoms with E-state index < -0.39 is 15.5 Å². The van der Waals surface area contributed by atoms with Crippen molar-refractivity contribution < 1.29 is 27.5 Å². The van der Waals surface area contributed by atoms with Crippen LogP contribution in [0.3, 0.4) is 0 Å². The van der Waals surface area contributed by atoms with Crippen molar-refractivity contribution in [3.05, 3.63) is 58.2 Å². The van der Waals surface area contributed by atoms with E-state index in [1.165, 1.54) is 18.5 Å². The first-order valence-electron chi connectivity index (χ1n) is 11.0. The number of ether oxygens (including phenoxy) is 4. The quantitative estimate of drug-likeness (QED) is 0.445. The fourth-order valence-corrected chi connectivity index (χ4v) is 5.77. The molecule has 1 aromatic heterocycles. The third kappa shape index (κ3) is 5.19. The third-order valence-corrected chi connectivity index (χ3v) is 7.29. The van der Waals surface area contributed by atoms with Crippen molar-refractivity contribution in [1.29, 1.82) is 0 Å². The Bertz CT molecular complexity index is 1390. The van der Waals surface area contributed by atoms with Crippen molar-refractivity contribution in [3.8, 4) is 5.75 Å². The summed E-state index contributed by atoms with van der Waals surface area (Å²) in [7, 11) is -0.696. The van der Waals surface area contributed by atoms with Gasteiger partial charge in [-0.1, -0.05) is 6.07 Å². The van der Waals surface area contributed by atoms with Crippen LogP contribution in [0, 0.1) is 5.82 Å². The van der Waals surface area contributed by atoms with E-state index in [1.807, 2.05) is 0 Å². The van der Waals surface area contributed by atoms with Gasteiger partial charge in [0.05, 0.1) is 30.1 Å². The second kappa shape index (κ2) is 9.70. The summed E-state index contributed by atoms with van der Waals surface area (Å²) < 4.78 is 54.7. The van der Waals surface area contributed by atoms with Crippen molar-refractivity contribution in [3.63, 3.8) is 0 Å². The molecule has 2 fully saturated rings. The lowest BCUT2D eigenvalue weighted by Crippen LogP contribution is -2.35. The molecule has 4 atom stereocenters. The number of nitrogens with zero attached hydrogens (tertiary/aromatic N) is 3. The number of fused-ring (bicyclic) bond motifs is 2. The van der Waals surface area contributed by atoms with Gasteiger partial charge in [-0.2, -0.15) is 4.36 Å². The van der Waals surface area contributed by atoms with Crippen LogP contribution in [0.15, 0.2) is 45.5 Å². The number of benzene rings is 2. The number of hydrogen-bond donors (Lipinski definition) is 0. The highest BCUT2D eigenvalue weighted by Gasteiger charge is 2.49. The van der Waals surface area contributed by atoms with Crippen molar-refractivity contribution >= 4 is 42.2 Å². The first kappa shape index (κ1) is 24.5. The number of methoxy groups -OCH3 is 1. The Balaban J connectivity index is 1.46. The van der Waals surface area contributed by atoms with Crippen LogP contribution in [0.2, 0.25) is 0 Å². The molecule has 2 aliphatic heterocycles. The summed E-state index contributed by atoms with van der Waals surface area (Å²) >= 11 is 3.59. The van der Waals surface area contributed by atoms with Gasteiger partial charge >= 0.3 is 0 Å². The highest BCUT2D eigenvalue weighted by atomic mass is 79.9. The number of hydrogen-bond acceptors (Lipinski definition) is 8. The minimum absolute atomic E-state index is 0.143. The molecule has 2 aromatic carbocycles. The van der Waals surface area contributed by atoms with Gasteiger partial charge < -0.3 is 18.9 Å². The molecule has 0 saturated carbocycles. The van der Waals surface area contributed by atoms with Gasteiger partial charge in [-0.3, -0.25) is 0 Å². The molecule has 0 amide bonds. The number of rotatable bonds is 6. The lowest BCUT2D eigenvalue weighted by atomic mass is 10.0. The van der Waals surface area contributed by atoms with E-state index in [0.717, 1.165) is 21.1 Å². The van der Waals surface area contributed by atoms with E-state index in [1.54, 1.807) is 37.8 Å². The van der Waals surface area contributed by atoms with E-state index in [0.29, 0.717) is 36.6 Å². The van der Waals surface area contributed by atoms with Gasteiger partial charge in [-0.15, -0.1) is 0 Å². The zero-order chi connectivity index (χ0) is 24.7. The molecule has 0 bridgehead atoms. The second-order valence-corrected chi connectivity index (χ2v) is 12.3. The van der Waals surface area contributed by atoms with Gasteiger partial charge in [0, 0.05) is 57.3 Å². The Morgan fingerprint density at radius 3 is 2.63 bits per heavy atom. The first-order valence-corrected chi connectivity index (χ1v) is 14.2. The molecule has 35 heavy (non-hydrogen) atoms. The van der Waals surface area contributed by atoms with Crippen molar-refractivity contribution in [1.82, 2.24) is 9.97 Å². The molecule has 0 aliphatic carbocycles. The van der Waals surface area contributed by atoms with E-state index in [2.05, 4.69) is 30.3 Å². The number of halogens is 2. The summed E-state index contributed by atoms with van der Waals surface area (Å²) in [6.07, 6.45) is 4.01. The van der Waals surface area contributed by atoms with Gasteiger partial charge in [-0.25, -0.2) is 18.6 Å². The highest BCUT2D eigenvalue weighted by molar-refractivity contribution is 9.10. The minimum atomic E-state index is -2.32. The second-order valence-electron chi connectivity index (χ2n) is 8.87. The van der Waals surface area contributed by atoms with Crippen LogP contribution in [-0.2, 0) is 30.4 Å². The monoisotopic (exact) mass is 565 g/mol. The topological polar surface area (TPSA) is 92.1 Å². The molecule has 2 aliphatic rings. The average molecular weight is 566 g/mol. The van der Waals surface area contributed by atoms with Crippen LogP contribution in [0.5, 0.6) is 5.75 Å². The molecule has 3 aromatic rings. The summed E-state index contributed by atoms with van der Waals surface area (Å²) in [6.45, 7) is 0.763. The standard InChI is InChI=1S/C24H25BrFN3O5S/c1-31-20-10-32-24-21(11-33-23(20)24)34-19-7-14(26)5-4-13(19)6-17-22-16(25)8-15(29-35(2,3)30)9-18(22)28-12-27-17/h4-5,7-9,12,20-21,23-24H,6,10-11H2,1-3H3/t20-,21-,23-,24-/m1/s1. The van der Waals surface area contributed by atoms with Gasteiger partial charge in [0.15, 0.2) is 6.10 Å². The Morgan fingerprint density at radius 2 is 1.89 bits per heavy atom. The highest BCUT2D eigenvalue weighted by Crippen LogP contribution is 2.35. The zero-order valence-corrected chi connectivity index (χ0v) is 21.8.